The smallest absolute Gasteiger partial charge is 0.244 e. The van der Waals surface area contributed by atoms with Gasteiger partial charge in [0.2, 0.25) is 10.0 Å². The van der Waals surface area contributed by atoms with Crippen molar-refractivity contribution >= 4 is 10.0 Å². The SMILES string of the molecule is COc1ccc(F)cc1S(=O)(=O)NC(C)c1cc(C)ccc1C. The monoisotopic (exact) mass is 337 g/mol. The van der Waals surface area contributed by atoms with E-state index in [1.807, 2.05) is 32.0 Å². The first-order valence-electron chi connectivity index (χ1n) is 7.17. The fraction of sp³-hybridized carbons (Fsp3) is 0.294. The van der Waals surface area contributed by atoms with Gasteiger partial charge in [0.25, 0.3) is 0 Å². The topological polar surface area (TPSA) is 55.4 Å². The second-order valence-electron chi connectivity index (χ2n) is 5.50. The molecule has 0 aliphatic carbocycles. The van der Waals surface area contributed by atoms with Crippen molar-refractivity contribution in [3.8, 4) is 5.75 Å². The summed E-state index contributed by atoms with van der Waals surface area (Å²) in [5.41, 5.74) is 2.90. The Morgan fingerprint density at radius 2 is 1.83 bits per heavy atom. The molecule has 0 saturated heterocycles. The Labute approximate surface area is 136 Å². The van der Waals surface area contributed by atoms with Crippen LogP contribution in [0.25, 0.3) is 0 Å². The van der Waals surface area contributed by atoms with Gasteiger partial charge in [-0.3, -0.25) is 0 Å². The number of aryl methyl sites for hydroxylation is 2. The molecule has 0 aromatic heterocycles. The number of nitrogens with one attached hydrogen (secondary N) is 1. The molecule has 124 valence electrons. The highest BCUT2D eigenvalue weighted by atomic mass is 32.2. The summed E-state index contributed by atoms with van der Waals surface area (Å²) in [4.78, 5) is -0.211. The highest BCUT2D eigenvalue weighted by molar-refractivity contribution is 7.89. The molecule has 0 fully saturated rings. The van der Waals surface area contributed by atoms with Crippen molar-refractivity contribution < 1.29 is 17.5 Å². The molecule has 2 aromatic carbocycles. The standard InChI is InChI=1S/C17H20FNO3S/c1-11-5-6-12(2)15(9-11)13(3)19-23(20,21)17-10-14(18)7-8-16(17)22-4/h5-10,13,19H,1-4H3. The first-order chi connectivity index (χ1) is 10.7. The number of hydrogen-bond acceptors (Lipinski definition) is 3. The maximum absolute atomic E-state index is 13.4. The largest absolute Gasteiger partial charge is 0.495 e. The van der Waals surface area contributed by atoms with Gasteiger partial charge in [0.05, 0.1) is 7.11 Å². The number of hydrogen-bond donors (Lipinski definition) is 1. The first-order valence-corrected chi connectivity index (χ1v) is 8.66. The lowest BCUT2D eigenvalue weighted by Gasteiger charge is -2.18. The molecule has 2 aromatic rings. The van der Waals surface area contributed by atoms with Crippen molar-refractivity contribution in [2.75, 3.05) is 7.11 Å². The average molecular weight is 337 g/mol. The van der Waals surface area contributed by atoms with Crippen LogP contribution in [0.4, 0.5) is 4.39 Å². The summed E-state index contributed by atoms with van der Waals surface area (Å²) in [6.45, 7) is 5.62. The summed E-state index contributed by atoms with van der Waals surface area (Å²) < 4.78 is 46.2. The third-order valence-corrected chi connectivity index (χ3v) is 5.21. The van der Waals surface area contributed by atoms with Crippen LogP contribution in [0.3, 0.4) is 0 Å². The zero-order valence-electron chi connectivity index (χ0n) is 13.6. The van der Waals surface area contributed by atoms with Crippen LogP contribution in [0.15, 0.2) is 41.3 Å². The maximum atomic E-state index is 13.4. The van der Waals surface area contributed by atoms with Crippen LogP contribution < -0.4 is 9.46 Å². The van der Waals surface area contributed by atoms with Gasteiger partial charge in [-0.2, -0.15) is 0 Å². The van der Waals surface area contributed by atoms with E-state index in [2.05, 4.69) is 4.72 Å². The molecule has 0 saturated carbocycles. The number of halogens is 1. The summed E-state index contributed by atoms with van der Waals surface area (Å²) in [7, 11) is -2.57. The zero-order valence-corrected chi connectivity index (χ0v) is 14.4. The fourth-order valence-corrected chi connectivity index (χ4v) is 3.85. The van der Waals surface area contributed by atoms with Crippen molar-refractivity contribution in [3.05, 3.63) is 58.9 Å². The van der Waals surface area contributed by atoms with Gasteiger partial charge in [-0.15, -0.1) is 0 Å². The molecular formula is C17H20FNO3S. The summed E-state index contributed by atoms with van der Waals surface area (Å²) in [6, 6.07) is 8.81. The molecule has 0 bridgehead atoms. The van der Waals surface area contributed by atoms with Crippen LogP contribution in [0.5, 0.6) is 5.75 Å². The van der Waals surface area contributed by atoms with Gasteiger partial charge in [-0.1, -0.05) is 23.8 Å². The van der Waals surface area contributed by atoms with Crippen molar-refractivity contribution in [3.63, 3.8) is 0 Å². The highest BCUT2D eigenvalue weighted by Crippen LogP contribution is 2.27. The summed E-state index contributed by atoms with van der Waals surface area (Å²) >= 11 is 0. The van der Waals surface area contributed by atoms with Crippen LogP contribution in [-0.4, -0.2) is 15.5 Å². The quantitative estimate of drug-likeness (QED) is 0.908. The third kappa shape index (κ3) is 3.89. The molecule has 1 N–H and O–H groups in total. The molecule has 4 nitrogen and oxygen atoms in total. The van der Waals surface area contributed by atoms with E-state index in [1.54, 1.807) is 6.92 Å². The Bertz CT molecular complexity index is 819. The summed E-state index contributed by atoms with van der Waals surface area (Å²) in [5.74, 6) is -0.530. The van der Waals surface area contributed by atoms with Gasteiger partial charge < -0.3 is 4.74 Å². The van der Waals surface area contributed by atoms with E-state index in [1.165, 1.54) is 13.2 Å². The summed E-state index contributed by atoms with van der Waals surface area (Å²) in [6.07, 6.45) is 0. The second kappa shape index (κ2) is 6.68. The van der Waals surface area contributed by atoms with Gasteiger partial charge in [-0.25, -0.2) is 17.5 Å². The second-order valence-corrected chi connectivity index (χ2v) is 7.18. The van der Waals surface area contributed by atoms with E-state index in [0.717, 1.165) is 28.8 Å². The average Bonchev–Trinajstić information content (AvgIpc) is 2.49. The van der Waals surface area contributed by atoms with Crippen LogP contribution in [-0.2, 0) is 10.0 Å². The Balaban J connectivity index is 2.38. The molecule has 0 radical (unpaired) electrons. The number of rotatable bonds is 5. The first kappa shape index (κ1) is 17.4. The minimum atomic E-state index is -3.92. The van der Waals surface area contributed by atoms with Gasteiger partial charge in [-0.05, 0) is 50.1 Å². The Morgan fingerprint density at radius 1 is 1.13 bits per heavy atom. The van der Waals surface area contributed by atoms with Crippen molar-refractivity contribution in [1.82, 2.24) is 4.72 Å². The molecule has 0 aliphatic heterocycles. The van der Waals surface area contributed by atoms with E-state index in [-0.39, 0.29) is 10.6 Å². The van der Waals surface area contributed by atoms with E-state index in [9.17, 15) is 12.8 Å². The molecule has 6 heteroatoms. The Morgan fingerprint density at radius 3 is 2.48 bits per heavy atom. The van der Waals surface area contributed by atoms with E-state index in [0.29, 0.717) is 0 Å². The van der Waals surface area contributed by atoms with Gasteiger partial charge in [0.1, 0.15) is 16.5 Å². The molecule has 1 atom stereocenters. The molecule has 0 amide bonds. The van der Waals surface area contributed by atoms with Crippen LogP contribution in [0.1, 0.15) is 29.7 Å². The van der Waals surface area contributed by atoms with E-state index in [4.69, 9.17) is 4.74 Å². The third-order valence-electron chi connectivity index (χ3n) is 3.65. The fourth-order valence-electron chi connectivity index (χ4n) is 2.45. The minimum absolute atomic E-state index is 0.104. The van der Waals surface area contributed by atoms with Crippen molar-refractivity contribution in [1.29, 1.82) is 0 Å². The molecule has 0 heterocycles. The highest BCUT2D eigenvalue weighted by Gasteiger charge is 2.23. The number of methoxy groups -OCH3 is 1. The number of ether oxygens (including phenoxy) is 1. The Kier molecular flexibility index (Phi) is 5.06. The van der Waals surface area contributed by atoms with Gasteiger partial charge in [0.15, 0.2) is 0 Å². The van der Waals surface area contributed by atoms with E-state index < -0.39 is 21.9 Å². The summed E-state index contributed by atoms with van der Waals surface area (Å²) in [5, 5.41) is 0. The van der Waals surface area contributed by atoms with Crippen molar-refractivity contribution in [2.45, 2.75) is 31.7 Å². The Hall–Kier alpha value is -1.92. The number of sulfonamides is 1. The molecule has 0 aliphatic rings. The lowest BCUT2D eigenvalue weighted by molar-refractivity contribution is 0.400. The van der Waals surface area contributed by atoms with Gasteiger partial charge in [0, 0.05) is 6.04 Å². The van der Waals surface area contributed by atoms with Crippen molar-refractivity contribution in [2.24, 2.45) is 0 Å². The molecule has 1 unspecified atom stereocenters. The lowest BCUT2D eigenvalue weighted by Crippen LogP contribution is -2.28. The molecule has 0 spiro atoms. The predicted molar refractivity (Wildman–Crippen MR) is 87.6 cm³/mol. The lowest BCUT2D eigenvalue weighted by atomic mass is 10.0. The van der Waals surface area contributed by atoms with Crippen LogP contribution >= 0.6 is 0 Å². The molecule has 2 rings (SSSR count). The molecule has 23 heavy (non-hydrogen) atoms. The van der Waals surface area contributed by atoms with Crippen LogP contribution in [0.2, 0.25) is 0 Å². The zero-order chi connectivity index (χ0) is 17.2. The van der Waals surface area contributed by atoms with Gasteiger partial charge >= 0.3 is 0 Å². The predicted octanol–water partition coefficient (Wildman–Crippen LogP) is 3.49. The maximum Gasteiger partial charge on any atom is 0.244 e. The normalized spacial score (nSPS) is 12.9. The minimum Gasteiger partial charge on any atom is -0.495 e. The van der Waals surface area contributed by atoms with Crippen LogP contribution in [0, 0.1) is 19.7 Å². The molecular weight excluding hydrogens is 317 g/mol. The van der Waals surface area contributed by atoms with E-state index >= 15 is 0 Å². The number of benzene rings is 2.